The second kappa shape index (κ2) is 6.63. The van der Waals surface area contributed by atoms with E-state index in [1.807, 2.05) is 6.07 Å². The lowest BCUT2D eigenvalue weighted by Crippen LogP contribution is -2.30. The van der Waals surface area contributed by atoms with Gasteiger partial charge < -0.3 is 19.4 Å². The van der Waals surface area contributed by atoms with Gasteiger partial charge in [-0.3, -0.25) is 0 Å². The highest BCUT2D eigenvalue weighted by atomic mass is 16.7. The second-order valence-electron chi connectivity index (χ2n) is 6.98. The predicted molar refractivity (Wildman–Crippen MR) is 94.8 cm³/mol. The van der Waals surface area contributed by atoms with Crippen LogP contribution in [0.4, 0.5) is 0 Å². The van der Waals surface area contributed by atoms with Gasteiger partial charge in [0.05, 0.1) is 11.0 Å². The summed E-state index contributed by atoms with van der Waals surface area (Å²) in [4.78, 5) is 5.01. The molecular weight excluding hydrogens is 302 g/mol. The lowest BCUT2D eigenvalue weighted by Gasteiger charge is -2.25. The van der Waals surface area contributed by atoms with Gasteiger partial charge in [-0.25, -0.2) is 4.98 Å². The van der Waals surface area contributed by atoms with E-state index in [1.165, 1.54) is 24.2 Å². The van der Waals surface area contributed by atoms with Crippen LogP contribution in [0.2, 0.25) is 0 Å². The van der Waals surface area contributed by atoms with Crippen LogP contribution in [-0.4, -0.2) is 29.4 Å². The summed E-state index contributed by atoms with van der Waals surface area (Å²) in [5.41, 5.74) is 2.23. The van der Waals surface area contributed by atoms with Crippen molar-refractivity contribution in [1.29, 1.82) is 0 Å². The lowest BCUT2D eigenvalue weighted by molar-refractivity contribution is 0.174. The van der Waals surface area contributed by atoms with Gasteiger partial charge >= 0.3 is 0 Å². The molecule has 0 unspecified atom stereocenters. The molecule has 0 bridgehead atoms. The number of fused-ring (bicyclic) bond motifs is 2. The molecule has 1 aromatic heterocycles. The smallest absolute Gasteiger partial charge is 0.231 e. The fourth-order valence-electron chi connectivity index (χ4n) is 4.01. The molecule has 2 aliphatic heterocycles. The summed E-state index contributed by atoms with van der Waals surface area (Å²) in [6, 6.07) is 4.17. The number of aromatic nitrogens is 2. The standard InChI is InChI=1S/C19H27N3O2/c1-3-14(4-2)19-21-15-9-17-18(24-12-23-17)10-16(15)22(19)11-13-5-7-20-8-6-13/h9-10,13-14,20H,3-8,11-12H2,1-2H3. The summed E-state index contributed by atoms with van der Waals surface area (Å²) < 4.78 is 13.6. The molecule has 0 amide bonds. The Labute approximate surface area is 143 Å². The zero-order valence-electron chi connectivity index (χ0n) is 14.7. The largest absolute Gasteiger partial charge is 0.454 e. The maximum atomic E-state index is 5.60. The number of benzene rings is 1. The van der Waals surface area contributed by atoms with Gasteiger partial charge in [0.1, 0.15) is 5.82 Å². The number of piperidine rings is 1. The number of rotatable bonds is 5. The highest BCUT2D eigenvalue weighted by molar-refractivity contribution is 5.81. The van der Waals surface area contributed by atoms with E-state index in [4.69, 9.17) is 14.5 Å². The molecule has 2 aliphatic rings. The molecule has 1 saturated heterocycles. The Morgan fingerprint density at radius 3 is 2.58 bits per heavy atom. The molecule has 1 N–H and O–H groups in total. The van der Waals surface area contributed by atoms with Crippen molar-refractivity contribution in [1.82, 2.24) is 14.9 Å². The van der Waals surface area contributed by atoms with Crippen LogP contribution in [0.5, 0.6) is 11.5 Å². The van der Waals surface area contributed by atoms with Crippen LogP contribution in [0, 0.1) is 5.92 Å². The van der Waals surface area contributed by atoms with Gasteiger partial charge in [-0.15, -0.1) is 0 Å². The van der Waals surface area contributed by atoms with Crippen molar-refractivity contribution in [2.24, 2.45) is 5.92 Å². The number of nitrogens with zero attached hydrogens (tertiary/aromatic N) is 2. The van der Waals surface area contributed by atoms with Crippen LogP contribution in [0.1, 0.15) is 51.3 Å². The van der Waals surface area contributed by atoms with Crippen molar-refractivity contribution < 1.29 is 9.47 Å². The van der Waals surface area contributed by atoms with E-state index in [0.29, 0.717) is 12.7 Å². The maximum absolute atomic E-state index is 5.60. The van der Waals surface area contributed by atoms with Crippen LogP contribution >= 0.6 is 0 Å². The zero-order chi connectivity index (χ0) is 16.5. The van der Waals surface area contributed by atoms with Gasteiger partial charge in [0.25, 0.3) is 0 Å². The number of ether oxygens (including phenoxy) is 2. The molecule has 0 aliphatic carbocycles. The summed E-state index contributed by atoms with van der Waals surface area (Å²) in [6.45, 7) is 8.15. The fraction of sp³-hybridized carbons (Fsp3) is 0.632. The van der Waals surface area contributed by atoms with E-state index in [2.05, 4.69) is 29.8 Å². The number of imidazole rings is 1. The Kier molecular flexibility index (Phi) is 4.35. The first-order chi connectivity index (χ1) is 11.8. The van der Waals surface area contributed by atoms with Crippen molar-refractivity contribution in [2.45, 2.75) is 52.0 Å². The van der Waals surface area contributed by atoms with Gasteiger partial charge in [-0.2, -0.15) is 0 Å². The van der Waals surface area contributed by atoms with Crippen LogP contribution < -0.4 is 14.8 Å². The SMILES string of the molecule is CCC(CC)c1nc2cc3c(cc2n1CC1CCNCC1)OCO3. The van der Waals surface area contributed by atoms with Crippen molar-refractivity contribution in [2.75, 3.05) is 19.9 Å². The molecule has 3 heterocycles. The van der Waals surface area contributed by atoms with E-state index < -0.39 is 0 Å². The summed E-state index contributed by atoms with van der Waals surface area (Å²) in [7, 11) is 0. The predicted octanol–water partition coefficient (Wildman–Crippen LogP) is 3.67. The molecule has 0 saturated carbocycles. The molecule has 4 rings (SSSR count). The molecule has 5 nitrogen and oxygen atoms in total. The van der Waals surface area contributed by atoms with Gasteiger partial charge in [0, 0.05) is 24.6 Å². The second-order valence-corrected chi connectivity index (χ2v) is 6.98. The highest BCUT2D eigenvalue weighted by Crippen LogP contribution is 2.38. The van der Waals surface area contributed by atoms with Crippen LogP contribution in [0.15, 0.2) is 12.1 Å². The molecule has 0 spiro atoms. The minimum atomic E-state index is 0.315. The third-order valence-electron chi connectivity index (χ3n) is 5.52. The first-order valence-electron chi connectivity index (χ1n) is 9.30. The monoisotopic (exact) mass is 329 g/mol. The number of nitrogens with one attached hydrogen (secondary N) is 1. The van der Waals surface area contributed by atoms with Crippen molar-refractivity contribution >= 4 is 11.0 Å². The average molecular weight is 329 g/mol. The van der Waals surface area contributed by atoms with E-state index in [9.17, 15) is 0 Å². The lowest BCUT2D eigenvalue weighted by atomic mass is 9.97. The topological polar surface area (TPSA) is 48.3 Å². The average Bonchev–Trinajstić information content (AvgIpc) is 3.20. The first-order valence-corrected chi connectivity index (χ1v) is 9.30. The Morgan fingerprint density at radius 1 is 1.17 bits per heavy atom. The number of hydrogen-bond acceptors (Lipinski definition) is 4. The molecule has 0 atom stereocenters. The van der Waals surface area contributed by atoms with Gasteiger partial charge in [-0.1, -0.05) is 13.8 Å². The van der Waals surface area contributed by atoms with Gasteiger partial charge in [0.2, 0.25) is 6.79 Å². The Bertz CT molecular complexity index is 715. The Hall–Kier alpha value is -1.75. The molecule has 130 valence electrons. The van der Waals surface area contributed by atoms with Gasteiger partial charge in [-0.05, 0) is 44.7 Å². The van der Waals surface area contributed by atoms with Crippen molar-refractivity contribution in [3.05, 3.63) is 18.0 Å². The minimum Gasteiger partial charge on any atom is -0.454 e. The zero-order valence-corrected chi connectivity index (χ0v) is 14.7. The van der Waals surface area contributed by atoms with E-state index in [1.54, 1.807) is 0 Å². The fourth-order valence-corrected chi connectivity index (χ4v) is 4.01. The third kappa shape index (κ3) is 2.75. The van der Waals surface area contributed by atoms with E-state index in [-0.39, 0.29) is 0 Å². The van der Waals surface area contributed by atoms with Crippen molar-refractivity contribution in [3.63, 3.8) is 0 Å². The number of hydrogen-bond donors (Lipinski definition) is 1. The van der Waals surface area contributed by atoms with Crippen molar-refractivity contribution in [3.8, 4) is 11.5 Å². The molecular formula is C19H27N3O2. The molecule has 0 radical (unpaired) electrons. The third-order valence-corrected chi connectivity index (χ3v) is 5.52. The quantitative estimate of drug-likeness (QED) is 0.909. The minimum absolute atomic E-state index is 0.315. The summed E-state index contributed by atoms with van der Waals surface area (Å²) in [5, 5.41) is 3.46. The van der Waals surface area contributed by atoms with Crippen LogP contribution in [0.3, 0.4) is 0 Å². The first kappa shape index (κ1) is 15.8. The Balaban J connectivity index is 1.78. The van der Waals surface area contributed by atoms with E-state index in [0.717, 1.165) is 55.4 Å². The molecule has 2 aromatic rings. The van der Waals surface area contributed by atoms with Crippen LogP contribution in [-0.2, 0) is 6.54 Å². The highest BCUT2D eigenvalue weighted by Gasteiger charge is 2.24. The summed E-state index contributed by atoms with van der Waals surface area (Å²) in [6.07, 6.45) is 4.73. The summed E-state index contributed by atoms with van der Waals surface area (Å²) >= 11 is 0. The van der Waals surface area contributed by atoms with Crippen LogP contribution in [0.25, 0.3) is 11.0 Å². The summed E-state index contributed by atoms with van der Waals surface area (Å²) in [5.74, 6) is 4.14. The molecule has 1 fully saturated rings. The molecule has 24 heavy (non-hydrogen) atoms. The Morgan fingerprint density at radius 2 is 1.88 bits per heavy atom. The maximum Gasteiger partial charge on any atom is 0.231 e. The van der Waals surface area contributed by atoms with Gasteiger partial charge in [0.15, 0.2) is 11.5 Å². The molecule has 5 heteroatoms. The molecule has 1 aromatic carbocycles. The normalized spacial score (nSPS) is 18.0. The van der Waals surface area contributed by atoms with E-state index >= 15 is 0 Å².